The minimum absolute atomic E-state index is 0.278. The number of hydrogen-bond acceptors (Lipinski definition) is 3. The summed E-state index contributed by atoms with van der Waals surface area (Å²) in [7, 11) is 0. The Morgan fingerprint density at radius 3 is 2.89 bits per heavy atom. The van der Waals surface area contributed by atoms with Crippen LogP contribution in [0, 0.1) is 5.92 Å². The van der Waals surface area contributed by atoms with E-state index in [2.05, 4.69) is 41.1 Å². The van der Waals surface area contributed by atoms with Crippen LogP contribution in [0.3, 0.4) is 0 Å². The summed E-state index contributed by atoms with van der Waals surface area (Å²) in [5.74, 6) is 0.653. The molecule has 1 aromatic heterocycles. The standard InChI is InChI=1S/C15H19N3/c1-11-8-12(16)10-18(9-11)15-6-7-17-14-5-3-2-4-13(14)15/h2-7,11-12H,8-10,16H2,1H3. The zero-order valence-corrected chi connectivity index (χ0v) is 10.7. The van der Waals surface area contributed by atoms with Crippen molar-refractivity contribution in [3.8, 4) is 0 Å². The van der Waals surface area contributed by atoms with Gasteiger partial charge in [-0.3, -0.25) is 4.98 Å². The van der Waals surface area contributed by atoms with E-state index in [4.69, 9.17) is 5.73 Å². The number of piperidine rings is 1. The third-order valence-electron chi connectivity index (χ3n) is 3.66. The molecule has 1 aliphatic rings. The van der Waals surface area contributed by atoms with E-state index >= 15 is 0 Å². The molecule has 1 fully saturated rings. The van der Waals surface area contributed by atoms with Gasteiger partial charge in [-0.25, -0.2) is 0 Å². The molecule has 2 N–H and O–H groups in total. The first-order chi connectivity index (χ1) is 8.74. The van der Waals surface area contributed by atoms with Crippen LogP contribution in [-0.4, -0.2) is 24.1 Å². The molecular formula is C15H19N3. The maximum absolute atomic E-state index is 6.14. The van der Waals surface area contributed by atoms with Gasteiger partial charge >= 0.3 is 0 Å². The molecule has 2 atom stereocenters. The molecule has 1 saturated heterocycles. The van der Waals surface area contributed by atoms with E-state index in [1.807, 2.05) is 12.3 Å². The number of nitrogens with zero attached hydrogens (tertiary/aromatic N) is 2. The molecule has 18 heavy (non-hydrogen) atoms. The quantitative estimate of drug-likeness (QED) is 0.833. The number of aromatic nitrogens is 1. The van der Waals surface area contributed by atoms with Crippen LogP contribution in [0.2, 0.25) is 0 Å². The molecule has 2 heterocycles. The smallest absolute Gasteiger partial charge is 0.0722 e. The lowest BCUT2D eigenvalue weighted by atomic mass is 9.96. The van der Waals surface area contributed by atoms with Crippen molar-refractivity contribution in [3.63, 3.8) is 0 Å². The predicted octanol–water partition coefficient (Wildman–Crippen LogP) is 2.41. The van der Waals surface area contributed by atoms with Gasteiger partial charge in [-0.2, -0.15) is 0 Å². The number of fused-ring (bicyclic) bond motifs is 1. The Morgan fingerprint density at radius 2 is 2.06 bits per heavy atom. The van der Waals surface area contributed by atoms with Crippen molar-refractivity contribution in [3.05, 3.63) is 36.5 Å². The van der Waals surface area contributed by atoms with Gasteiger partial charge in [0.25, 0.3) is 0 Å². The second kappa shape index (κ2) is 4.58. The van der Waals surface area contributed by atoms with Crippen LogP contribution < -0.4 is 10.6 Å². The Balaban J connectivity index is 2.03. The van der Waals surface area contributed by atoms with Gasteiger partial charge in [-0.1, -0.05) is 25.1 Å². The lowest BCUT2D eigenvalue weighted by Gasteiger charge is -2.36. The first kappa shape index (κ1) is 11.5. The average Bonchev–Trinajstić information content (AvgIpc) is 2.37. The van der Waals surface area contributed by atoms with Gasteiger partial charge in [0.2, 0.25) is 0 Å². The summed E-state index contributed by atoms with van der Waals surface area (Å²) in [6, 6.07) is 10.7. The van der Waals surface area contributed by atoms with Gasteiger partial charge < -0.3 is 10.6 Å². The summed E-state index contributed by atoms with van der Waals surface area (Å²) in [6.07, 6.45) is 3.02. The van der Waals surface area contributed by atoms with E-state index in [1.165, 1.54) is 11.1 Å². The van der Waals surface area contributed by atoms with E-state index < -0.39 is 0 Å². The number of para-hydroxylation sites is 1. The highest BCUT2D eigenvalue weighted by Crippen LogP contribution is 2.28. The zero-order chi connectivity index (χ0) is 12.5. The maximum Gasteiger partial charge on any atom is 0.0722 e. The summed E-state index contributed by atoms with van der Waals surface area (Å²) in [5.41, 5.74) is 8.46. The molecule has 3 nitrogen and oxygen atoms in total. The SMILES string of the molecule is CC1CC(N)CN(c2ccnc3ccccc23)C1. The lowest BCUT2D eigenvalue weighted by molar-refractivity contribution is 0.402. The molecule has 94 valence electrons. The Morgan fingerprint density at radius 1 is 1.22 bits per heavy atom. The number of hydrogen-bond donors (Lipinski definition) is 1. The second-order valence-corrected chi connectivity index (χ2v) is 5.35. The number of pyridine rings is 1. The van der Waals surface area contributed by atoms with Crippen LogP contribution in [0.15, 0.2) is 36.5 Å². The van der Waals surface area contributed by atoms with Crippen molar-refractivity contribution < 1.29 is 0 Å². The van der Waals surface area contributed by atoms with E-state index in [0.717, 1.165) is 25.0 Å². The molecule has 0 radical (unpaired) electrons. The molecule has 2 unspecified atom stereocenters. The molecule has 2 aromatic rings. The van der Waals surface area contributed by atoms with Crippen LogP contribution in [0.5, 0.6) is 0 Å². The topological polar surface area (TPSA) is 42.1 Å². The highest BCUT2D eigenvalue weighted by molar-refractivity contribution is 5.91. The fraction of sp³-hybridized carbons (Fsp3) is 0.400. The molecule has 0 spiro atoms. The number of rotatable bonds is 1. The van der Waals surface area contributed by atoms with Crippen LogP contribution in [0.25, 0.3) is 10.9 Å². The Hall–Kier alpha value is -1.61. The third-order valence-corrected chi connectivity index (χ3v) is 3.66. The summed E-state index contributed by atoms with van der Waals surface area (Å²) in [4.78, 5) is 6.82. The highest BCUT2D eigenvalue weighted by atomic mass is 15.2. The summed E-state index contributed by atoms with van der Waals surface area (Å²) < 4.78 is 0. The van der Waals surface area contributed by atoms with Crippen LogP contribution >= 0.6 is 0 Å². The maximum atomic E-state index is 6.14. The van der Waals surface area contributed by atoms with Crippen molar-refractivity contribution >= 4 is 16.6 Å². The monoisotopic (exact) mass is 241 g/mol. The number of anilines is 1. The molecule has 3 rings (SSSR count). The Labute approximate surface area is 108 Å². The van der Waals surface area contributed by atoms with Gasteiger partial charge in [-0.05, 0) is 24.5 Å². The summed E-state index contributed by atoms with van der Waals surface area (Å²) in [6.45, 7) is 4.30. The van der Waals surface area contributed by atoms with E-state index in [1.54, 1.807) is 0 Å². The van der Waals surface area contributed by atoms with Gasteiger partial charge in [-0.15, -0.1) is 0 Å². The van der Waals surface area contributed by atoms with Crippen molar-refractivity contribution in [2.75, 3.05) is 18.0 Å². The van der Waals surface area contributed by atoms with Crippen LogP contribution in [0.4, 0.5) is 5.69 Å². The Kier molecular flexibility index (Phi) is 2.92. The largest absolute Gasteiger partial charge is 0.369 e. The fourth-order valence-corrected chi connectivity index (χ4v) is 2.95. The second-order valence-electron chi connectivity index (χ2n) is 5.35. The van der Waals surface area contributed by atoms with Gasteiger partial charge in [0.1, 0.15) is 0 Å². The molecule has 0 saturated carbocycles. The number of benzene rings is 1. The third kappa shape index (κ3) is 2.06. The fourth-order valence-electron chi connectivity index (χ4n) is 2.95. The molecule has 3 heteroatoms. The zero-order valence-electron chi connectivity index (χ0n) is 10.7. The average molecular weight is 241 g/mol. The van der Waals surface area contributed by atoms with Crippen molar-refractivity contribution in [2.24, 2.45) is 11.7 Å². The van der Waals surface area contributed by atoms with Crippen LogP contribution in [0.1, 0.15) is 13.3 Å². The molecule has 1 aliphatic heterocycles. The first-order valence-electron chi connectivity index (χ1n) is 6.58. The minimum atomic E-state index is 0.278. The minimum Gasteiger partial charge on any atom is -0.369 e. The molecule has 0 aliphatic carbocycles. The summed E-state index contributed by atoms with van der Waals surface area (Å²) >= 11 is 0. The van der Waals surface area contributed by atoms with Crippen molar-refractivity contribution in [2.45, 2.75) is 19.4 Å². The highest BCUT2D eigenvalue weighted by Gasteiger charge is 2.23. The molecular weight excluding hydrogens is 222 g/mol. The first-order valence-corrected chi connectivity index (χ1v) is 6.58. The van der Waals surface area contributed by atoms with Crippen LogP contribution in [-0.2, 0) is 0 Å². The Bertz CT molecular complexity index is 537. The van der Waals surface area contributed by atoms with Gasteiger partial charge in [0.05, 0.1) is 5.52 Å². The van der Waals surface area contributed by atoms with Crippen molar-refractivity contribution in [1.29, 1.82) is 0 Å². The van der Waals surface area contributed by atoms with E-state index in [0.29, 0.717) is 5.92 Å². The predicted molar refractivity (Wildman–Crippen MR) is 75.7 cm³/mol. The van der Waals surface area contributed by atoms with Crippen molar-refractivity contribution in [1.82, 2.24) is 4.98 Å². The molecule has 0 bridgehead atoms. The lowest BCUT2D eigenvalue weighted by Crippen LogP contribution is -2.46. The van der Waals surface area contributed by atoms with E-state index in [9.17, 15) is 0 Å². The van der Waals surface area contributed by atoms with Gasteiger partial charge in [0, 0.05) is 36.4 Å². The molecule has 1 aromatic carbocycles. The van der Waals surface area contributed by atoms with E-state index in [-0.39, 0.29) is 6.04 Å². The summed E-state index contributed by atoms with van der Waals surface area (Å²) in [5, 5.41) is 1.22. The molecule has 0 amide bonds. The number of nitrogens with two attached hydrogens (primary N) is 1. The van der Waals surface area contributed by atoms with Gasteiger partial charge in [0.15, 0.2) is 0 Å². The normalized spacial score (nSPS) is 24.4.